The molecule has 1 rings (SSSR count). The van der Waals surface area contributed by atoms with Crippen molar-refractivity contribution in [1.82, 2.24) is 5.32 Å². The van der Waals surface area contributed by atoms with E-state index in [-0.39, 0.29) is 12.5 Å². The Labute approximate surface area is 548 Å². The van der Waals surface area contributed by atoms with Crippen LogP contribution in [0.4, 0.5) is 0 Å². The molecule has 1 aliphatic rings. The molecule has 0 saturated carbocycles. The van der Waals surface area contributed by atoms with E-state index >= 15 is 0 Å². The molecule has 1 heterocycles. The fraction of sp³-hybridized carbons (Fsp3) is 0.738. The van der Waals surface area contributed by atoms with E-state index in [0.29, 0.717) is 6.42 Å². The number of rotatable bonds is 64. The topological polar surface area (TPSA) is 149 Å². The Kier molecular flexibility index (Phi) is 63.4. The largest absolute Gasteiger partial charge is 0.394 e. The highest BCUT2D eigenvalue weighted by Gasteiger charge is 2.44. The third-order valence-electron chi connectivity index (χ3n) is 17.0. The van der Waals surface area contributed by atoms with Gasteiger partial charge in [0.2, 0.25) is 5.91 Å². The van der Waals surface area contributed by atoms with Gasteiger partial charge in [-0.1, -0.05) is 334 Å². The van der Waals surface area contributed by atoms with E-state index in [0.717, 1.165) is 89.9 Å². The zero-order valence-electron chi connectivity index (χ0n) is 57.4. The number of aliphatic hydroxyl groups excluding tert-OH is 5. The lowest BCUT2D eigenvalue weighted by atomic mass is 9.99. The van der Waals surface area contributed by atoms with Crippen LogP contribution in [0.3, 0.4) is 0 Å². The number of hydrogen-bond donors (Lipinski definition) is 6. The minimum absolute atomic E-state index is 0.193. The van der Waals surface area contributed by atoms with E-state index in [1.54, 1.807) is 6.08 Å². The first-order valence-electron chi connectivity index (χ1n) is 37.3. The molecule has 7 atom stereocenters. The van der Waals surface area contributed by atoms with Crippen molar-refractivity contribution in [2.75, 3.05) is 13.2 Å². The predicted molar refractivity (Wildman–Crippen MR) is 382 cm³/mol. The number of amides is 1. The second-order valence-corrected chi connectivity index (χ2v) is 25.3. The van der Waals surface area contributed by atoms with Gasteiger partial charge in [0, 0.05) is 6.42 Å². The Hall–Kier alpha value is -3.41. The molecule has 9 nitrogen and oxygen atoms in total. The van der Waals surface area contributed by atoms with Gasteiger partial charge in [0.1, 0.15) is 24.4 Å². The third-order valence-corrected chi connectivity index (χ3v) is 17.0. The zero-order chi connectivity index (χ0) is 64.2. The average Bonchev–Trinajstić information content (AvgIpc) is 2.28. The maximum atomic E-state index is 13.1. The summed E-state index contributed by atoms with van der Waals surface area (Å²) in [5.41, 5.74) is 0. The Morgan fingerprint density at radius 1 is 0.393 bits per heavy atom. The van der Waals surface area contributed by atoms with Gasteiger partial charge in [-0.05, 0) is 103 Å². The molecule has 1 amide bonds. The van der Waals surface area contributed by atoms with E-state index in [9.17, 15) is 30.3 Å². The van der Waals surface area contributed by atoms with Crippen molar-refractivity contribution >= 4 is 5.91 Å². The molecule has 0 radical (unpaired) electrons. The molecule has 0 bridgehead atoms. The van der Waals surface area contributed by atoms with E-state index in [4.69, 9.17) is 9.47 Å². The van der Waals surface area contributed by atoms with Crippen molar-refractivity contribution in [3.05, 3.63) is 122 Å². The van der Waals surface area contributed by atoms with Crippen molar-refractivity contribution in [1.29, 1.82) is 0 Å². The van der Waals surface area contributed by atoms with Crippen LogP contribution in [0.1, 0.15) is 322 Å². The van der Waals surface area contributed by atoms with E-state index in [2.05, 4.69) is 129 Å². The van der Waals surface area contributed by atoms with Crippen LogP contribution in [-0.4, -0.2) is 87.5 Å². The number of aliphatic hydroxyl groups is 5. The van der Waals surface area contributed by atoms with Crippen LogP contribution in [-0.2, 0) is 14.3 Å². The lowest BCUT2D eigenvalue weighted by Crippen LogP contribution is -2.60. The Balaban J connectivity index is 2.15. The lowest BCUT2D eigenvalue weighted by molar-refractivity contribution is -0.302. The summed E-state index contributed by atoms with van der Waals surface area (Å²) >= 11 is 0. The molecule has 89 heavy (non-hydrogen) atoms. The summed E-state index contributed by atoms with van der Waals surface area (Å²) in [6.45, 7) is 3.67. The summed E-state index contributed by atoms with van der Waals surface area (Å²) in [6, 6.07) is -0.839. The van der Waals surface area contributed by atoms with Crippen LogP contribution < -0.4 is 5.32 Å². The van der Waals surface area contributed by atoms with Crippen molar-refractivity contribution in [3.63, 3.8) is 0 Å². The summed E-state index contributed by atoms with van der Waals surface area (Å²) in [5, 5.41) is 54.8. The van der Waals surface area contributed by atoms with Gasteiger partial charge in [-0.25, -0.2) is 0 Å². The summed E-state index contributed by atoms with van der Waals surface area (Å²) in [4.78, 5) is 13.1. The summed E-state index contributed by atoms with van der Waals surface area (Å²) in [7, 11) is 0. The Morgan fingerprint density at radius 2 is 0.708 bits per heavy atom. The molecule has 0 aromatic rings. The molecule has 0 aromatic carbocycles. The standard InChI is InChI=1S/C80H139NO8/c1-3-5-7-9-11-13-15-17-19-21-23-25-27-29-31-33-35-36-37-38-40-42-44-46-48-50-52-54-56-58-60-62-64-66-68-70-76(84)81-73(72-88-80-79(87)78(86)77(85)75(71-82)89-80)74(83)69-67-65-63-61-59-57-55-53-51-49-47-45-43-41-39-34-32-30-28-26-24-22-20-18-16-14-12-10-8-6-4-2/h5,7,11,13,17,19,23,25,29,31,35-36,38,40,51,53,59,61,67,69,73-75,77-80,82-83,85-87H,3-4,6,8-10,12,14-16,18,20-22,24,26-28,30,32-34,37,39,41-50,52,54-58,60,62-66,68,70-72H2,1-2H3,(H,81,84)/b7-5-,13-11-,19-17-,25-23-,31-29-,36-35-,40-38-,53-51+,61-59+,69-67+. The summed E-state index contributed by atoms with van der Waals surface area (Å²) in [6.07, 6.45) is 94.6. The number of ether oxygens (including phenoxy) is 2. The van der Waals surface area contributed by atoms with Crippen LogP contribution in [0.25, 0.3) is 0 Å². The molecular formula is C80H139NO8. The molecule has 0 aliphatic carbocycles. The molecule has 1 saturated heterocycles. The second kappa shape index (κ2) is 67.5. The minimum Gasteiger partial charge on any atom is -0.394 e. The lowest BCUT2D eigenvalue weighted by Gasteiger charge is -2.40. The van der Waals surface area contributed by atoms with Gasteiger partial charge in [-0.15, -0.1) is 0 Å². The summed E-state index contributed by atoms with van der Waals surface area (Å²) < 4.78 is 11.3. The van der Waals surface area contributed by atoms with Gasteiger partial charge in [0.25, 0.3) is 0 Å². The number of unbranched alkanes of at least 4 members (excludes halogenated alkanes) is 36. The summed E-state index contributed by atoms with van der Waals surface area (Å²) in [5.74, 6) is -0.193. The first-order chi connectivity index (χ1) is 43.8. The smallest absolute Gasteiger partial charge is 0.220 e. The fourth-order valence-electron chi connectivity index (χ4n) is 11.2. The molecule has 9 heteroatoms. The number of carbonyl (C=O) groups is 1. The predicted octanol–water partition coefficient (Wildman–Crippen LogP) is 21.0. The van der Waals surface area contributed by atoms with Gasteiger partial charge in [-0.3, -0.25) is 4.79 Å². The highest BCUT2D eigenvalue weighted by atomic mass is 16.7. The maximum absolute atomic E-state index is 13.1. The molecular weight excluding hydrogens is 1100 g/mol. The molecule has 7 unspecified atom stereocenters. The van der Waals surface area contributed by atoms with E-state index < -0.39 is 49.5 Å². The Bertz CT molecular complexity index is 1830. The number of carbonyl (C=O) groups excluding carboxylic acids is 1. The van der Waals surface area contributed by atoms with Crippen molar-refractivity contribution < 1.29 is 39.8 Å². The SMILES string of the molecule is CC/C=C\C/C=C\C/C=C\C/C=C\C/C=C\C/C=C\C/C=C\CCCCCCCCCCCCCCCC(=O)NC(COC1OC(CO)C(O)C(O)C1O)C(O)/C=C/CC/C=C/CC/C=C/CCCCCCCCCCCCCCCCCCCCCCC. The minimum atomic E-state index is -1.58. The van der Waals surface area contributed by atoms with Crippen molar-refractivity contribution in [2.24, 2.45) is 0 Å². The number of allylic oxidation sites excluding steroid dienone is 19. The van der Waals surface area contributed by atoms with Crippen LogP contribution in [0.2, 0.25) is 0 Å². The van der Waals surface area contributed by atoms with E-state index in [1.165, 1.54) is 212 Å². The highest BCUT2D eigenvalue weighted by molar-refractivity contribution is 5.76. The normalized spacial score (nSPS) is 18.6. The van der Waals surface area contributed by atoms with Crippen molar-refractivity contribution in [3.8, 4) is 0 Å². The van der Waals surface area contributed by atoms with Gasteiger partial charge in [0.15, 0.2) is 6.29 Å². The van der Waals surface area contributed by atoms with Gasteiger partial charge in [0.05, 0.1) is 25.4 Å². The Morgan fingerprint density at radius 3 is 1.08 bits per heavy atom. The molecule has 0 aromatic heterocycles. The molecule has 0 spiro atoms. The number of hydrogen-bond acceptors (Lipinski definition) is 8. The van der Waals surface area contributed by atoms with Gasteiger partial charge in [-0.2, -0.15) is 0 Å². The highest BCUT2D eigenvalue weighted by Crippen LogP contribution is 2.23. The molecule has 1 aliphatic heterocycles. The molecule has 6 N–H and O–H groups in total. The molecule has 512 valence electrons. The second-order valence-electron chi connectivity index (χ2n) is 25.3. The van der Waals surface area contributed by atoms with Gasteiger partial charge < -0.3 is 40.3 Å². The van der Waals surface area contributed by atoms with Crippen LogP contribution in [0, 0.1) is 0 Å². The first-order valence-corrected chi connectivity index (χ1v) is 37.3. The maximum Gasteiger partial charge on any atom is 0.220 e. The van der Waals surface area contributed by atoms with Gasteiger partial charge >= 0.3 is 0 Å². The quantitative estimate of drug-likeness (QED) is 0.0261. The van der Waals surface area contributed by atoms with Crippen LogP contribution in [0.15, 0.2) is 122 Å². The van der Waals surface area contributed by atoms with E-state index in [1.807, 2.05) is 6.08 Å². The van der Waals surface area contributed by atoms with Crippen LogP contribution in [0.5, 0.6) is 0 Å². The third kappa shape index (κ3) is 55.9. The van der Waals surface area contributed by atoms with Crippen molar-refractivity contribution in [2.45, 2.75) is 365 Å². The van der Waals surface area contributed by atoms with Crippen LogP contribution >= 0.6 is 0 Å². The zero-order valence-corrected chi connectivity index (χ0v) is 57.4. The average molecular weight is 1240 g/mol. The molecule has 1 fully saturated rings. The number of nitrogens with one attached hydrogen (secondary N) is 1. The first kappa shape index (κ1) is 83.6. The monoisotopic (exact) mass is 1240 g/mol. The fourth-order valence-corrected chi connectivity index (χ4v) is 11.2.